The minimum atomic E-state index is -0.527. The number of fused-ring (bicyclic) bond motifs is 1. The van der Waals surface area contributed by atoms with Crippen molar-refractivity contribution in [3.8, 4) is 6.07 Å². The van der Waals surface area contributed by atoms with Gasteiger partial charge in [0.25, 0.3) is 0 Å². The number of nitrogens with zero attached hydrogens (tertiary/aromatic N) is 2. The number of carbonyl (C=O) groups excluding carboxylic acids is 1. The van der Waals surface area contributed by atoms with Gasteiger partial charge in [0, 0.05) is 16.6 Å². The molecule has 1 aromatic heterocycles. The minimum Gasteiger partial charge on any atom is -0.399 e. The predicted molar refractivity (Wildman–Crippen MR) is 108 cm³/mol. The molecule has 8 heteroatoms. The highest BCUT2D eigenvalue weighted by Gasteiger charge is 2.51. The van der Waals surface area contributed by atoms with E-state index in [2.05, 4.69) is 16.4 Å². The number of hydrogen-bond acceptors (Lipinski definition) is 5. The van der Waals surface area contributed by atoms with E-state index in [-0.39, 0.29) is 17.7 Å². The summed E-state index contributed by atoms with van der Waals surface area (Å²) < 4.78 is 12.2. The number of aromatic nitrogens is 1. The standard InChI is InChI=1S/C20H21BClN3O3/c1-19(2)20(3,4)28-21(27-19)13-5-11-7-17(24-10-15(11)16(22)8-13)25-18(26)14-6-12(14)9-23/h5,7-8,10,12,14H,6H2,1-4H3,(H,24,25,26)/t12-,14+/m0/s1. The third-order valence-corrected chi connectivity index (χ3v) is 6.19. The maximum atomic E-state index is 12.2. The number of rotatable bonds is 3. The van der Waals surface area contributed by atoms with Crippen molar-refractivity contribution in [2.75, 3.05) is 5.32 Å². The molecule has 1 aliphatic heterocycles. The number of pyridine rings is 1. The number of nitriles is 1. The Balaban J connectivity index is 1.62. The molecule has 1 aromatic carbocycles. The minimum absolute atomic E-state index is 0.174. The van der Waals surface area contributed by atoms with Crippen molar-refractivity contribution in [1.82, 2.24) is 4.98 Å². The Kier molecular flexibility index (Phi) is 4.42. The van der Waals surface area contributed by atoms with Crippen molar-refractivity contribution in [1.29, 1.82) is 5.26 Å². The summed E-state index contributed by atoms with van der Waals surface area (Å²) in [5, 5.41) is 13.8. The first kappa shape index (κ1) is 19.2. The molecule has 0 unspecified atom stereocenters. The molecule has 6 nitrogen and oxygen atoms in total. The molecule has 2 aliphatic rings. The number of benzene rings is 1. The van der Waals surface area contributed by atoms with Gasteiger partial charge >= 0.3 is 7.12 Å². The first-order valence-electron chi connectivity index (χ1n) is 9.26. The summed E-state index contributed by atoms with van der Waals surface area (Å²) in [5.74, 6) is -0.179. The van der Waals surface area contributed by atoms with Crippen molar-refractivity contribution in [3.63, 3.8) is 0 Å². The maximum absolute atomic E-state index is 12.2. The Morgan fingerprint density at radius 2 is 1.96 bits per heavy atom. The topological polar surface area (TPSA) is 84.2 Å². The maximum Gasteiger partial charge on any atom is 0.494 e. The molecule has 1 saturated carbocycles. The van der Waals surface area contributed by atoms with Crippen molar-refractivity contribution < 1.29 is 14.1 Å². The van der Waals surface area contributed by atoms with Crippen LogP contribution in [0.3, 0.4) is 0 Å². The van der Waals surface area contributed by atoms with Crippen LogP contribution in [-0.2, 0) is 14.1 Å². The molecule has 2 atom stereocenters. The van der Waals surface area contributed by atoms with Crippen LogP contribution in [0.15, 0.2) is 24.4 Å². The van der Waals surface area contributed by atoms with E-state index in [1.54, 1.807) is 12.3 Å². The molecule has 0 bridgehead atoms. The molecule has 28 heavy (non-hydrogen) atoms. The molecule has 0 radical (unpaired) electrons. The van der Waals surface area contributed by atoms with Crippen LogP contribution in [0.4, 0.5) is 5.82 Å². The third-order valence-electron chi connectivity index (χ3n) is 5.88. The second kappa shape index (κ2) is 6.45. The Labute approximate surface area is 169 Å². The first-order valence-corrected chi connectivity index (χ1v) is 9.64. The van der Waals surface area contributed by atoms with Crippen LogP contribution >= 0.6 is 11.6 Å². The molecule has 1 N–H and O–H groups in total. The lowest BCUT2D eigenvalue weighted by Gasteiger charge is -2.32. The van der Waals surface area contributed by atoms with E-state index < -0.39 is 18.3 Å². The zero-order valence-electron chi connectivity index (χ0n) is 16.2. The largest absolute Gasteiger partial charge is 0.494 e. The Morgan fingerprint density at radius 1 is 1.29 bits per heavy atom. The molecule has 0 spiro atoms. The summed E-state index contributed by atoms with van der Waals surface area (Å²) in [6.45, 7) is 8.00. The van der Waals surface area contributed by atoms with E-state index in [4.69, 9.17) is 26.2 Å². The van der Waals surface area contributed by atoms with Crippen LogP contribution in [-0.4, -0.2) is 29.2 Å². The summed E-state index contributed by atoms with van der Waals surface area (Å²) in [7, 11) is -0.527. The molecule has 1 saturated heterocycles. The van der Waals surface area contributed by atoms with Gasteiger partial charge in [-0.3, -0.25) is 4.79 Å². The monoisotopic (exact) mass is 397 g/mol. The Bertz CT molecular complexity index is 1000. The van der Waals surface area contributed by atoms with Gasteiger partial charge in [0.1, 0.15) is 5.82 Å². The third kappa shape index (κ3) is 3.26. The fraction of sp³-hybridized carbons (Fsp3) is 0.450. The fourth-order valence-corrected chi connectivity index (χ4v) is 3.55. The van der Waals surface area contributed by atoms with Gasteiger partial charge in [-0.15, -0.1) is 0 Å². The molecule has 144 valence electrons. The molecular formula is C20H21BClN3O3. The highest BCUT2D eigenvalue weighted by atomic mass is 35.5. The van der Waals surface area contributed by atoms with E-state index >= 15 is 0 Å². The number of nitrogens with one attached hydrogen (secondary N) is 1. The van der Waals surface area contributed by atoms with Crippen LogP contribution in [0.2, 0.25) is 5.02 Å². The van der Waals surface area contributed by atoms with Crippen molar-refractivity contribution in [3.05, 3.63) is 29.4 Å². The van der Waals surface area contributed by atoms with Gasteiger partial charge in [-0.05, 0) is 57.1 Å². The van der Waals surface area contributed by atoms with Gasteiger partial charge in [0.15, 0.2) is 0 Å². The van der Waals surface area contributed by atoms with Gasteiger partial charge < -0.3 is 14.6 Å². The first-order chi connectivity index (χ1) is 13.1. The smallest absolute Gasteiger partial charge is 0.399 e. The van der Waals surface area contributed by atoms with Crippen molar-refractivity contribution in [2.45, 2.75) is 45.3 Å². The van der Waals surface area contributed by atoms with E-state index in [1.807, 2.05) is 39.8 Å². The second-order valence-corrected chi connectivity index (χ2v) is 8.86. The second-order valence-electron chi connectivity index (χ2n) is 8.45. The van der Waals surface area contributed by atoms with Crippen molar-refractivity contribution >= 4 is 46.7 Å². The molecule has 4 rings (SSSR count). The van der Waals surface area contributed by atoms with E-state index in [0.29, 0.717) is 17.3 Å². The fourth-order valence-electron chi connectivity index (χ4n) is 3.27. The Hall–Kier alpha value is -2.14. The molecule has 2 aromatic rings. The van der Waals surface area contributed by atoms with Gasteiger partial charge in [0.05, 0.1) is 29.1 Å². The van der Waals surface area contributed by atoms with Crippen LogP contribution in [0, 0.1) is 23.2 Å². The molecule has 2 heterocycles. The van der Waals surface area contributed by atoms with Crippen LogP contribution in [0.1, 0.15) is 34.1 Å². The number of halogens is 1. The number of carbonyl (C=O) groups is 1. The van der Waals surface area contributed by atoms with Crippen LogP contribution in [0.25, 0.3) is 10.8 Å². The van der Waals surface area contributed by atoms with Crippen LogP contribution in [0.5, 0.6) is 0 Å². The molecule has 1 amide bonds. The number of hydrogen-bond donors (Lipinski definition) is 1. The average molecular weight is 398 g/mol. The van der Waals surface area contributed by atoms with Gasteiger partial charge in [-0.2, -0.15) is 5.26 Å². The average Bonchev–Trinajstić information content (AvgIpc) is 3.36. The van der Waals surface area contributed by atoms with Gasteiger partial charge in [-0.1, -0.05) is 17.7 Å². The van der Waals surface area contributed by atoms with E-state index in [0.717, 1.165) is 16.2 Å². The zero-order chi connectivity index (χ0) is 20.3. The quantitative estimate of drug-likeness (QED) is 0.803. The van der Waals surface area contributed by atoms with Gasteiger partial charge in [0.2, 0.25) is 5.91 Å². The molecule has 2 fully saturated rings. The van der Waals surface area contributed by atoms with Gasteiger partial charge in [-0.25, -0.2) is 4.98 Å². The summed E-state index contributed by atoms with van der Waals surface area (Å²) in [6, 6.07) is 7.66. The lowest BCUT2D eigenvalue weighted by Crippen LogP contribution is -2.41. The molecule has 1 aliphatic carbocycles. The van der Waals surface area contributed by atoms with Crippen LogP contribution < -0.4 is 10.8 Å². The Morgan fingerprint density at radius 3 is 2.57 bits per heavy atom. The highest BCUT2D eigenvalue weighted by Crippen LogP contribution is 2.39. The normalized spacial score (nSPS) is 24.8. The summed E-state index contributed by atoms with van der Waals surface area (Å²) >= 11 is 6.46. The molecular weight excluding hydrogens is 377 g/mol. The van der Waals surface area contributed by atoms with E-state index in [9.17, 15) is 4.79 Å². The van der Waals surface area contributed by atoms with Crippen molar-refractivity contribution in [2.24, 2.45) is 11.8 Å². The predicted octanol–water partition coefficient (Wildman–Crippen LogP) is 3.29. The highest BCUT2D eigenvalue weighted by molar-refractivity contribution is 6.63. The lowest BCUT2D eigenvalue weighted by atomic mass is 9.78. The lowest BCUT2D eigenvalue weighted by molar-refractivity contribution is -0.117. The summed E-state index contributed by atoms with van der Waals surface area (Å²) in [6.07, 6.45) is 2.24. The number of anilines is 1. The summed E-state index contributed by atoms with van der Waals surface area (Å²) in [5.41, 5.74) is -0.0814. The van der Waals surface area contributed by atoms with E-state index in [1.165, 1.54) is 0 Å². The SMILES string of the molecule is CC1(C)OB(c2cc(Cl)c3cnc(NC(=O)[C@@H]4C[C@H]4C#N)cc3c2)OC1(C)C. The zero-order valence-corrected chi connectivity index (χ0v) is 17.0. The summed E-state index contributed by atoms with van der Waals surface area (Å²) in [4.78, 5) is 16.5. The number of amides is 1.